The molecule has 0 aliphatic rings. The van der Waals surface area contributed by atoms with E-state index in [1.165, 1.54) is 12.4 Å². The molecule has 2 heterocycles. The number of thiocarbonyl (C=S) groups is 1. The summed E-state index contributed by atoms with van der Waals surface area (Å²) in [6.07, 6.45) is 2.68. The lowest BCUT2D eigenvalue weighted by atomic mass is 10.3. The van der Waals surface area contributed by atoms with Gasteiger partial charge in [0.05, 0.1) is 4.88 Å². The summed E-state index contributed by atoms with van der Waals surface area (Å²) >= 11 is 5.87. The Morgan fingerprint density at radius 3 is 2.90 bits per heavy atom. The van der Waals surface area contributed by atoms with E-state index < -0.39 is 10.0 Å². The normalized spacial score (nSPS) is 11.6. The van der Waals surface area contributed by atoms with Crippen LogP contribution in [-0.2, 0) is 16.4 Å². The van der Waals surface area contributed by atoms with Crippen LogP contribution in [0.5, 0.6) is 0 Å². The van der Waals surface area contributed by atoms with Gasteiger partial charge in [0.2, 0.25) is 10.0 Å². The van der Waals surface area contributed by atoms with Crippen LogP contribution in [-0.4, -0.2) is 35.1 Å². The van der Waals surface area contributed by atoms with Gasteiger partial charge in [-0.1, -0.05) is 12.2 Å². The molecule has 0 bridgehead atoms. The fraction of sp³-hybridized carbons (Fsp3) is 0.300. The van der Waals surface area contributed by atoms with Gasteiger partial charge in [-0.15, -0.1) is 11.3 Å². The lowest BCUT2D eigenvalue weighted by Gasteiger charge is -2.03. The molecule has 0 atom stereocenters. The Morgan fingerprint density at radius 1 is 1.50 bits per heavy atom. The van der Waals surface area contributed by atoms with Crippen molar-refractivity contribution >= 4 is 38.6 Å². The highest BCUT2D eigenvalue weighted by Crippen LogP contribution is 2.21. The summed E-state index contributed by atoms with van der Waals surface area (Å²) in [7, 11) is -3.51. The predicted molar refractivity (Wildman–Crippen MR) is 80.1 cm³/mol. The van der Waals surface area contributed by atoms with Gasteiger partial charge in [0, 0.05) is 13.0 Å². The van der Waals surface area contributed by atoms with E-state index in [4.69, 9.17) is 18.0 Å². The van der Waals surface area contributed by atoms with E-state index in [0.29, 0.717) is 24.3 Å². The second-order valence-corrected chi connectivity index (χ2v) is 7.43. The first kappa shape index (κ1) is 15.0. The third-order valence-electron chi connectivity index (χ3n) is 2.44. The van der Waals surface area contributed by atoms with E-state index >= 15 is 0 Å². The summed E-state index contributed by atoms with van der Waals surface area (Å²) in [5.74, 6) is 0.732. The number of hydrogen-bond donors (Lipinski definition) is 3. The molecule has 0 fully saturated rings. The Balaban J connectivity index is 1.88. The number of aromatic nitrogens is 3. The Hall–Kier alpha value is -1.36. The zero-order chi connectivity index (χ0) is 14.6. The number of thiophene rings is 1. The minimum absolute atomic E-state index is 0.196. The summed E-state index contributed by atoms with van der Waals surface area (Å²) in [4.78, 5) is 4.74. The van der Waals surface area contributed by atoms with Gasteiger partial charge in [0.1, 0.15) is 21.3 Å². The molecule has 2 aromatic heterocycles. The summed E-state index contributed by atoms with van der Waals surface area (Å²) in [6, 6.07) is 3.11. The first-order chi connectivity index (χ1) is 9.49. The number of nitrogens with one attached hydrogen (secondary N) is 2. The predicted octanol–water partition coefficient (Wildman–Crippen LogP) is 0.411. The van der Waals surface area contributed by atoms with Gasteiger partial charge in [-0.3, -0.25) is 5.10 Å². The lowest BCUT2D eigenvalue weighted by molar-refractivity contribution is 0.580. The van der Waals surface area contributed by atoms with Gasteiger partial charge in [-0.25, -0.2) is 18.1 Å². The molecule has 7 nitrogen and oxygen atoms in total. The molecule has 0 saturated carbocycles. The van der Waals surface area contributed by atoms with Crippen molar-refractivity contribution in [2.75, 3.05) is 6.54 Å². The molecular weight excluding hydrogens is 318 g/mol. The van der Waals surface area contributed by atoms with E-state index in [2.05, 4.69) is 19.9 Å². The largest absolute Gasteiger partial charge is 0.389 e. The van der Waals surface area contributed by atoms with Crippen LogP contribution in [0.25, 0.3) is 0 Å². The quantitative estimate of drug-likeness (QED) is 0.500. The number of H-pyrrole nitrogens is 1. The van der Waals surface area contributed by atoms with Crippen molar-refractivity contribution in [2.24, 2.45) is 5.73 Å². The highest BCUT2D eigenvalue weighted by molar-refractivity contribution is 7.91. The second kappa shape index (κ2) is 6.39. The van der Waals surface area contributed by atoms with Gasteiger partial charge in [-0.05, 0) is 18.6 Å². The van der Waals surface area contributed by atoms with Crippen LogP contribution in [0, 0.1) is 0 Å². The van der Waals surface area contributed by atoms with Gasteiger partial charge >= 0.3 is 0 Å². The number of aryl methyl sites for hydroxylation is 1. The minimum atomic E-state index is -3.51. The summed E-state index contributed by atoms with van der Waals surface area (Å²) in [5, 5.41) is 6.44. The third-order valence-corrected chi connectivity index (χ3v) is 5.86. The maximum Gasteiger partial charge on any atom is 0.250 e. The molecule has 2 aromatic rings. The fourth-order valence-corrected chi connectivity index (χ4v) is 3.95. The van der Waals surface area contributed by atoms with Gasteiger partial charge in [0.15, 0.2) is 0 Å². The van der Waals surface area contributed by atoms with Crippen molar-refractivity contribution < 1.29 is 8.42 Å². The van der Waals surface area contributed by atoms with Crippen molar-refractivity contribution in [3.8, 4) is 0 Å². The van der Waals surface area contributed by atoms with E-state index in [1.54, 1.807) is 6.07 Å². The molecule has 108 valence electrons. The average Bonchev–Trinajstić information content (AvgIpc) is 3.05. The van der Waals surface area contributed by atoms with Crippen LogP contribution in [0.1, 0.15) is 17.1 Å². The van der Waals surface area contributed by atoms with Gasteiger partial charge in [-0.2, -0.15) is 5.10 Å². The number of sulfonamides is 1. The van der Waals surface area contributed by atoms with Crippen molar-refractivity contribution in [3.63, 3.8) is 0 Å². The maximum absolute atomic E-state index is 12.0. The van der Waals surface area contributed by atoms with Crippen molar-refractivity contribution in [1.82, 2.24) is 19.9 Å². The standard InChI is InChI=1S/C10H13N5O2S3/c11-10(18)7-3-4-9(19-7)20(16,17)14-5-1-2-8-12-6-13-15-8/h3-4,6,14H,1-2,5H2,(H2,11,18)(H,12,13,15). The Labute approximate surface area is 125 Å². The number of hydrogen-bond acceptors (Lipinski definition) is 6. The summed E-state index contributed by atoms with van der Waals surface area (Å²) in [6.45, 7) is 0.323. The minimum Gasteiger partial charge on any atom is -0.389 e. The highest BCUT2D eigenvalue weighted by Gasteiger charge is 2.16. The smallest absolute Gasteiger partial charge is 0.250 e. The lowest BCUT2D eigenvalue weighted by Crippen LogP contribution is -2.24. The van der Waals surface area contributed by atoms with E-state index in [9.17, 15) is 8.42 Å². The van der Waals surface area contributed by atoms with Crippen LogP contribution >= 0.6 is 23.6 Å². The summed E-state index contributed by atoms with van der Waals surface area (Å²) in [5.41, 5.74) is 5.46. The Kier molecular flexibility index (Phi) is 4.81. The molecule has 0 aromatic carbocycles. The van der Waals surface area contributed by atoms with Crippen molar-refractivity contribution in [1.29, 1.82) is 0 Å². The molecule has 20 heavy (non-hydrogen) atoms. The molecule has 10 heteroatoms. The molecule has 0 aliphatic carbocycles. The molecular formula is C10H13N5O2S3. The Morgan fingerprint density at radius 2 is 2.30 bits per heavy atom. The van der Waals surface area contributed by atoms with Gasteiger partial charge < -0.3 is 5.73 Å². The van der Waals surface area contributed by atoms with Crippen LogP contribution < -0.4 is 10.5 Å². The molecule has 0 saturated heterocycles. The SMILES string of the molecule is NC(=S)c1ccc(S(=O)(=O)NCCCc2ncn[nH]2)s1. The molecule has 0 amide bonds. The monoisotopic (exact) mass is 331 g/mol. The molecule has 0 radical (unpaired) electrons. The average molecular weight is 331 g/mol. The van der Waals surface area contributed by atoms with Crippen molar-refractivity contribution in [3.05, 3.63) is 29.2 Å². The molecule has 2 rings (SSSR count). The Bertz CT molecular complexity index is 678. The van der Waals surface area contributed by atoms with Crippen molar-refractivity contribution in [2.45, 2.75) is 17.1 Å². The van der Waals surface area contributed by atoms with Crippen LogP contribution in [0.2, 0.25) is 0 Å². The first-order valence-electron chi connectivity index (χ1n) is 5.72. The molecule has 0 spiro atoms. The van der Waals surface area contributed by atoms with Crippen LogP contribution in [0.3, 0.4) is 0 Å². The highest BCUT2D eigenvalue weighted by atomic mass is 32.2. The van der Waals surface area contributed by atoms with E-state index in [0.717, 1.165) is 17.2 Å². The van der Waals surface area contributed by atoms with Crippen LogP contribution in [0.15, 0.2) is 22.7 Å². The van der Waals surface area contributed by atoms with Gasteiger partial charge in [0.25, 0.3) is 0 Å². The van der Waals surface area contributed by atoms with E-state index in [1.807, 2.05) is 0 Å². The number of rotatable bonds is 7. The maximum atomic E-state index is 12.0. The molecule has 4 N–H and O–H groups in total. The fourth-order valence-electron chi connectivity index (χ4n) is 1.48. The first-order valence-corrected chi connectivity index (χ1v) is 8.43. The van der Waals surface area contributed by atoms with E-state index in [-0.39, 0.29) is 9.20 Å². The zero-order valence-corrected chi connectivity index (χ0v) is 12.8. The molecule has 0 unspecified atom stereocenters. The summed E-state index contributed by atoms with van der Waals surface area (Å²) < 4.78 is 26.8. The molecule has 0 aliphatic heterocycles. The topological polar surface area (TPSA) is 114 Å². The third kappa shape index (κ3) is 3.82. The number of nitrogens with two attached hydrogens (primary N) is 1. The van der Waals surface area contributed by atoms with Crippen LogP contribution in [0.4, 0.5) is 0 Å². The zero-order valence-electron chi connectivity index (χ0n) is 10.4. The second-order valence-electron chi connectivity index (χ2n) is 3.92. The number of nitrogens with zero attached hydrogens (tertiary/aromatic N) is 2. The number of aromatic amines is 1.